The number of pyridine rings is 2. The Hall–Kier alpha value is -1.62. The summed E-state index contributed by atoms with van der Waals surface area (Å²) in [5, 5.41) is 1.59. The first kappa shape index (κ1) is 13.8. The molecule has 0 spiro atoms. The Morgan fingerprint density at radius 2 is 2.00 bits per heavy atom. The molecule has 5 heteroatoms. The molecule has 0 atom stereocenters. The summed E-state index contributed by atoms with van der Waals surface area (Å²) in [6, 6.07) is 1.99. The van der Waals surface area contributed by atoms with Gasteiger partial charge < -0.3 is 9.47 Å². The van der Waals surface area contributed by atoms with E-state index < -0.39 is 0 Å². The molecular formula is C14H16BrN3O. The van der Waals surface area contributed by atoms with E-state index in [0.29, 0.717) is 5.39 Å². The van der Waals surface area contributed by atoms with Gasteiger partial charge in [-0.1, -0.05) is 0 Å². The number of fused-ring (bicyclic) bond motifs is 1. The van der Waals surface area contributed by atoms with Crippen molar-refractivity contribution in [3.05, 3.63) is 46.4 Å². The summed E-state index contributed by atoms with van der Waals surface area (Å²) in [6.07, 6.45) is 4.69. The largest absolute Gasteiger partial charge is 0.356 e. The molecule has 1 aliphatic rings. The van der Waals surface area contributed by atoms with E-state index in [4.69, 9.17) is 0 Å². The first-order valence-corrected chi connectivity index (χ1v) is 6.86. The van der Waals surface area contributed by atoms with Crippen LogP contribution in [0.5, 0.6) is 0 Å². The second-order valence-electron chi connectivity index (χ2n) is 4.32. The maximum Gasteiger partial charge on any atom is 0.259 e. The van der Waals surface area contributed by atoms with E-state index in [2.05, 4.69) is 39.0 Å². The van der Waals surface area contributed by atoms with E-state index in [1.165, 1.54) is 6.42 Å². The van der Waals surface area contributed by atoms with Crippen molar-refractivity contribution in [2.24, 2.45) is 7.05 Å². The minimum Gasteiger partial charge on any atom is -0.356 e. The highest BCUT2D eigenvalue weighted by atomic mass is 79.9. The van der Waals surface area contributed by atoms with Crippen LogP contribution in [0.4, 0.5) is 5.82 Å². The molecule has 4 nitrogen and oxygen atoms in total. The van der Waals surface area contributed by atoms with Crippen molar-refractivity contribution < 1.29 is 0 Å². The van der Waals surface area contributed by atoms with Gasteiger partial charge in [-0.3, -0.25) is 4.79 Å². The summed E-state index contributed by atoms with van der Waals surface area (Å²) in [4.78, 5) is 18.5. The number of hydrogen-bond donors (Lipinski definition) is 0. The number of halogens is 1. The van der Waals surface area contributed by atoms with Gasteiger partial charge in [-0.15, -0.1) is 13.2 Å². The standard InChI is InChI=1S/C12H12BrN3O.C2H4/c1-15-7-10(13)8-5-11(16-3-2-4-16)14-6-9(8)12(15)17;1-2/h5-7H,2-4H2,1H3;1-2H2. The lowest BCUT2D eigenvalue weighted by atomic mass is 10.2. The molecule has 1 fully saturated rings. The van der Waals surface area contributed by atoms with Gasteiger partial charge in [-0.2, -0.15) is 0 Å². The average Bonchev–Trinajstić information content (AvgIpc) is 2.36. The summed E-state index contributed by atoms with van der Waals surface area (Å²) in [7, 11) is 1.75. The second kappa shape index (κ2) is 5.57. The third-order valence-corrected chi connectivity index (χ3v) is 3.82. The van der Waals surface area contributed by atoms with Gasteiger partial charge in [0.15, 0.2) is 0 Å². The highest BCUT2D eigenvalue weighted by Gasteiger charge is 2.17. The van der Waals surface area contributed by atoms with Crippen LogP contribution in [0.15, 0.2) is 40.9 Å². The first-order chi connectivity index (χ1) is 9.16. The minimum absolute atomic E-state index is 0.00846. The minimum atomic E-state index is -0.00846. The Labute approximate surface area is 120 Å². The van der Waals surface area contributed by atoms with E-state index in [-0.39, 0.29) is 5.56 Å². The van der Waals surface area contributed by atoms with E-state index >= 15 is 0 Å². The third-order valence-electron chi connectivity index (χ3n) is 3.18. The van der Waals surface area contributed by atoms with Crippen molar-refractivity contribution in [3.8, 4) is 0 Å². The zero-order valence-electron chi connectivity index (χ0n) is 10.9. The maximum absolute atomic E-state index is 11.9. The van der Waals surface area contributed by atoms with Gasteiger partial charge in [0.1, 0.15) is 5.82 Å². The number of aromatic nitrogens is 2. The monoisotopic (exact) mass is 321 g/mol. The lowest BCUT2D eigenvalue weighted by molar-refractivity contribution is 0.610. The molecule has 0 unspecified atom stereocenters. The van der Waals surface area contributed by atoms with Crippen molar-refractivity contribution in [1.29, 1.82) is 0 Å². The van der Waals surface area contributed by atoms with Crippen LogP contribution < -0.4 is 10.5 Å². The van der Waals surface area contributed by atoms with Crippen molar-refractivity contribution in [2.75, 3.05) is 18.0 Å². The van der Waals surface area contributed by atoms with Crippen molar-refractivity contribution >= 4 is 32.5 Å². The molecule has 0 aliphatic carbocycles. The van der Waals surface area contributed by atoms with E-state index in [0.717, 1.165) is 28.8 Å². The summed E-state index contributed by atoms with van der Waals surface area (Å²) in [6.45, 7) is 8.11. The van der Waals surface area contributed by atoms with Crippen LogP contribution in [-0.4, -0.2) is 22.6 Å². The van der Waals surface area contributed by atoms with Crippen LogP contribution in [0.25, 0.3) is 10.8 Å². The van der Waals surface area contributed by atoms with Crippen molar-refractivity contribution in [1.82, 2.24) is 9.55 Å². The van der Waals surface area contributed by atoms with Gasteiger partial charge in [0.05, 0.1) is 5.39 Å². The average molecular weight is 322 g/mol. The van der Waals surface area contributed by atoms with Crippen molar-refractivity contribution in [3.63, 3.8) is 0 Å². The third kappa shape index (κ3) is 2.42. The Bertz CT molecular complexity index is 662. The molecule has 3 heterocycles. The lowest BCUT2D eigenvalue weighted by Gasteiger charge is -2.32. The van der Waals surface area contributed by atoms with Crippen molar-refractivity contribution in [2.45, 2.75) is 6.42 Å². The molecule has 0 saturated carbocycles. The van der Waals surface area contributed by atoms with Crippen LogP contribution in [-0.2, 0) is 7.05 Å². The molecule has 0 bridgehead atoms. The van der Waals surface area contributed by atoms with Crippen LogP contribution >= 0.6 is 15.9 Å². The molecule has 1 saturated heterocycles. The van der Waals surface area contributed by atoms with E-state index in [1.807, 2.05) is 6.07 Å². The van der Waals surface area contributed by atoms with Gasteiger partial charge >= 0.3 is 0 Å². The fraction of sp³-hybridized carbons (Fsp3) is 0.286. The normalized spacial score (nSPS) is 13.7. The van der Waals surface area contributed by atoms with Gasteiger partial charge in [0.2, 0.25) is 0 Å². The fourth-order valence-corrected chi connectivity index (χ4v) is 2.65. The molecule has 2 aromatic rings. The van der Waals surface area contributed by atoms with E-state index in [1.54, 1.807) is 24.0 Å². The molecule has 0 amide bonds. The smallest absolute Gasteiger partial charge is 0.259 e. The fourth-order valence-electron chi connectivity index (χ4n) is 2.02. The predicted octanol–water partition coefficient (Wildman–Crippen LogP) is 2.71. The number of hydrogen-bond acceptors (Lipinski definition) is 3. The molecule has 3 rings (SSSR count). The highest BCUT2D eigenvalue weighted by molar-refractivity contribution is 9.10. The molecule has 0 N–H and O–H groups in total. The van der Waals surface area contributed by atoms with Crippen LogP contribution in [0.1, 0.15) is 6.42 Å². The number of rotatable bonds is 1. The zero-order valence-corrected chi connectivity index (χ0v) is 12.5. The van der Waals surface area contributed by atoms with Crippen LogP contribution in [0, 0.1) is 0 Å². The highest BCUT2D eigenvalue weighted by Crippen LogP contribution is 2.26. The topological polar surface area (TPSA) is 38.1 Å². The summed E-state index contributed by atoms with van der Waals surface area (Å²) in [5.41, 5.74) is -0.00846. The SMILES string of the molecule is C=C.Cn1cc(Br)c2cc(N3CCC3)ncc2c1=O. The quantitative estimate of drug-likeness (QED) is 0.758. The van der Waals surface area contributed by atoms with Crippen LogP contribution in [0.2, 0.25) is 0 Å². The van der Waals surface area contributed by atoms with Gasteiger partial charge in [-0.05, 0) is 28.4 Å². The predicted molar refractivity (Wildman–Crippen MR) is 82.8 cm³/mol. The molecule has 0 radical (unpaired) electrons. The Balaban J connectivity index is 0.000000637. The Morgan fingerprint density at radius 3 is 2.58 bits per heavy atom. The molecule has 1 aliphatic heterocycles. The maximum atomic E-state index is 11.9. The summed E-state index contributed by atoms with van der Waals surface area (Å²) < 4.78 is 2.50. The molecule has 19 heavy (non-hydrogen) atoms. The molecule has 0 aromatic carbocycles. The zero-order chi connectivity index (χ0) is 14.0. The molecule has 2 aromatic heterocycles. The number of anilines is 1. The molecular weight excluding hydrogens is 306 g/mol. The van der Waals surface area contributed by atoms with Gasteiger partial charge in [-0.25, -0.2) is 4.98 Å². The second-order valence-corrected chi connectivity index (χ2v) is 5.18. The number of nitrogens with zero attached hydrogens (tertiary/aromatic N) is 3. The van der Waals surface area contributed by atoms with Gasteiger partial charge in [0.25, 0.3) is 5.56 Å². The lowest BCUT2D eigenvalue weighted by Crippen LogP contribution is -2.37. The van der Waals surface area contributed by atoms with E-state index in [9.17, 15) is 4.79 Å². The number of aryl methyl sites for hydroxylation is 1. The van der Waals surface area contributed by atoms with Crippen LogP contribution in [0.3, 0.4) is 0 Å². The summed E-state index contributed by atoms with van der Waals surface area (Å²) >= 11 is 3.50. The first-order valence-electron chi connectivity index (χ1n) is 6.06. The Kier molecular flexibility index (Phi) is 4.04. The van der Waals surface area contributed by atoms with Gasteiger partial charge in [0, 0.05) is 42.4 Å². The molecule has 100 valence electrons. The summed E-state index contributed by atoms with van der Waals surface area (Å²) in [5.74, 6) is 0.956. The Morgan fingerprint density at radius 1 is 1.32 bits per heavy atom.